The smallest absolute Gasteiger partial charge is 0.00321 e. The van der Waals surface area contributed by atoms with Gasteiger partial charge in [-0.25, -0.2) is 0 Å². The highest BCUT2D eigenvalue weighted by molar-refractivity contribution is 5.50. The van der Waals surface area contributed by atoms with Crippen molar-refractivity contribution in [3.05, 3.63) is 35.5 Å². The van der Waals surface area contributed by atoms with E-state index in [0.29, 0.717) is 0 Å². The van der Waals surface area contributed by atoms with Gasteiger partial charge in [0.25, 0.3) is 0 Å². The standard InChI is InChI=1S/C9H12/c1-6-5-7(2)9(4)8(6)3/h1-2,5H2,3-4H3. The van der Waals surface area contributed by atoms with Crippen LogP contribution in [-0.2, 0) is 0 Å². The summed E-state index contributed by atoms with van der Waals surface area (Å²) in [6, 6.07) is 0. The van der Waals surface area contributed by atoms with E-state index in [4.69, 9.17) is 0 Å². The SMILES string of the molecule is C=C1CC(=C)C(C)=C1C. The van der Waals surface area contributed by atoms with Gasteiger partial charge in [0.15, 0.2) is 0 Å². The maximum absolute atomic E-state index is 3.92. The summed E-state index contributed by atoms with van der Waals surface area (Å²) in [5, 5.41) is 0. The Morgan fingerprint density at radius 1 is 1.00 bits per heavy atom. The van der Waals surface area contributed by atoms with E-state index in [-0.39, 0.29) is 0 Å². The lowest BCUT2D eigenvalue weighted by Gasteiger charge is -1.91. The van der Waals surface area contributed by atoms with Gasteiger partial charge in [-0.3, -0.25) is 0 Å². The molecule has 1 aliphatic rings. The van der Waals surface area contributed by atoms with E-state index in [1.165, 1.54) is 22.3 Å². The van der Waals surface area contributed by atoms with Gasteiger partial charge in [0.1, 0.15) is 0 Å². The average Bonchev–Trinajstić information content (AvgIpc) is 1.98. The van der Waals surface area contributed by atoms with Crippen LogP contribution in [0.2, 0.25) is 0 Å². The predicted octanol–water partition coefficient (Wildman–Crippen LogP) is 2.84. The van der Waals surface area contributed by atoms with Crippen LogP contribution in [0.5, 0.6) is 0 Å². The van der Waals surface area contributed by atoms with Crippen molar-refractivity contribution < 1.29 is 0 Å². The van der Waals surface area contributed by atoms with E-state index in [9.17, 15) is 0 Å². The third-order valence-electron chi connectivity index (χ3n) is 2.05. The van der Waals surface area contributed by atoms with Gasteiger partial charge >= 0.3 is 0 Å². The molecule has 0 radical (unpaired) electrons. The molecule has 0 saturated heterocycles. The van der Waals surface area contributed by atoms with E-state index in [1.54, 1.807) is 0 Å². The molecule has 0 amide bonds. The van der Waals surface area contributed by atoms with Crippen LogP contribution >= 0.6 is 0 Å². The molecule has 0 unspecified atom stereocenters. The van der Waals surface area contributed by atoms with Crippen LogP contribution in [0.4, 0.5) is 0 Å². The molecule has 48 valence electrons. The van der Waals surface area contributed by atoms with Crippen molar-refractivity contribution in [1.29, 1.82) is 0 Å². The van der Waals surface area contributed by atoms with Gasteiger partial charge in [-0.05, 0) is 42.6 Å². The zero-order chi connectivity index (χ0) is 7.02. The van der Waals surface area contributed by atoms with Crippen molar-refractivity contribution in [1.82, 2.24) is 0 Å². The van der Waals surface area contributed by atoms with E-state index >= 15 is 0 Å². The summed E-state index contributed by atoms with van der Waals surface area (Å²) in [4.78, 5) is 0. The summed E-state index contributed by atoms with van der Waals surface area (Å²) in [5.41, 5.74) is 5.13. The fourth-order valence-corrected chi connectivity index (χ4v) is 1.05. The van der Waals surface area contributed by atoms with Crippen LogP contribution < -0.4 is 0 Å². The first-order valence-corrected chi connectivity index (χ1v) is 3.16. The lowest BCUT2D eigenvalue weighted by atomic mass is 10.1. The van der Waals surface area contributed by atoms with E-state index in [2.05, 4.69) is 27.0 Å². The first-order valence-electron chi connectivity index (χ1n) is 3.16. The lowest BCUT2D eigenvalue weighted by molar-refractivity contribution is 1.25. The molecule has 0 nitrogen and oxygen atoms in total. The summed E-state index contributed by atoms with van der Waals surface area (Å²) in [6.07, 6.45) is 0.984. The van der Waals surface area contributed by atoms with Crippen LogP contribution in [0.15, 0.2) is 35.5 Å². The second kappa shape index (κ2) is 1.87. The molecule has 0 heteroatoms. The summed E-state index contributed by atoms with van der Waals surface area (Å²) in [6.45, 7) is 12.0. The largest absolute Gasteiger partial charge is 0.0952 e. The van der Waals surface area contributed by atoms with Gasteiger partial charge in [0.05, 0.1) is 0 Å². The fourth-order valence-electron chi connectivity index (χ4n) is 1.05. The zero-order valence-electron chi connectivity index (χ0n) is 6.12. The van der Waals surface area contributed by atoms with Crippen molar-refractivity contribution in [3.8, 4) is 0 Å². The number of hydrogen-bond donors (Lipinski definition) is 0. The van der Waals surface area contributed by atoms with Crippen molar-refractivity contribution in [2.24, 2.45) is 0 Å². The summed E-state index contributed by atoms with van der Waals surface area (Å²) >= 11 is 0. The van der Waals surface area contributed by atoms with Crippen LogP contribution in [0.25, 0.3) is 0 Å². The van der Waals surface area contributed by atoms with Gasteiger partial charge in [0, 0.05) is 0 Å². The summed E-state index contributed by atoms with van der Waals surface area (Å²) < 4.78 is 0. The van der Waals surface area contributed by atoms with E-state index in [0.717, 1.165) is 6.42 Å². The molecule has 9 heavy (non-hydrogen) atoms. The molecule has 0 fully saturated rings. The molecule has 0 aromatic heterocycles. The number of rotatable bonds is 0. The molecule has 1 rings (SSSR count). The minimum Gasteiger partial charge on any atom is -0.0952 e. The third kappa shape index (κ3) is 0.849. The van der Waals surface area contributed by atoms with Crippen LogP contribution in [0, 0.1) is 0 Å². The summed E-state index contributed by atoms with van der Waals surface area (Å²) in [5.74, 6) is 0. The van der Waals surface area contributed by atoms with Crippen LogP contribution in [-0.4, -0.2) is 0 Å². The van der Waals surface area contributed by atoms with Gasteiger partial charge in [-0.2, -0.15) is 0 Å². The second-order valence-electron chi connectivity index (χ2n) is 2.63. The minimum absolute atomic E-state index is 0.984. The Labute approximate surface area is 56.6 Å². The molecule has 1 aliphatic carbocycles. The molecule has 0 heterocycles. The van der Waals surface area contributed by atoms with Crippen molar-refractivity contribution >= 4 is 0 Å². The monoisotopic (exact) mass is 120 g/mol. The molecule has 0 saturated carbocycles. The first-order chi connectivity index (χ1) is 4.13. The maximum Gasteiger partial charge on any atom is -0.00321 e. The van der Waals surface area contributed by atoms with Gasteiger partial charge in [-0.15, -0.1) is 0 Å². The Hall–Kier alpha value is -0.780. The number of allylic oxidation sites excluding steroid dienone is 4. The highest BCUT2D eigenvalue weighted by Gasteiger charge is 2.13. The molecule has 0 atom stereocenters. The third-order valence-corrected chi connectivity index (χ3v) is 2.05. The van der Waals surface area contributed by atoms with Crippen LogP contribution in [0.3, 0.4) is 0 Å². The quantitative estimate of drug-likeness (QED) is 0.461. The van der Waals surface area contributed by atoms with Crippen molar-refractivity contribution in [2.45, 2.75) is 20.3 Å². The molecule has 0 aliphatic heterocycles. The Kier molecular flexibility index (Phi) is 1.32. The molecular formula is C9H12. The van der Waals surface area contributed by atoms with Gasteiger partial charge in [-0.1, -0.05) is 13.2 Å². The highest BCUT2D eigenvalue weighted by Crippen LogP contribution is 2.32. The Balaban J connectivity index is 3.06. The lowest BCUT2D eigenvalue weighted by Crippen LogP contribution is -1.71. The van der Waals surface area contributed by atoms with Crippen molar-refractivity contribution in [2.75, 3.05) is 0 Å². The van der Waals surface area contributed by atoms with Gasteiger partial charge in [0.2, 0.25) is 0 Å². The summed E-state index contributed by atoms with van der Waals surface area (Å²) in [7, 11) is 0. The van der Waals surface area contributed by atoms with E-state index < -0.39 is 0 Å². The van der Waals surface area contributed by atoms with Crippen molar-refractivity contribution in [3.63, 3.8) is 0 Å². The Morgan fingerprint density at radius 3 is 1.44 bits per heavy atom. The fraction of sp³-hybridized carbons (Fsp3) is 0.333. The molecule has 0 aromatic carbocycles. The molecule has 0 N–H and O–H groups in total. The van der Waals surface area contributed by atoms with E-state index in [1.807, 2.05) is 0 Å². The maximum atomic E-state index is 3.92. The molecule has 0 aromatic rings. The molecule has 0 bridgehead atoms. The molecule has 0 spiro atoms. The average molecular weight is 120 g/mol. The minimum atomic E-state index is 0.984. The second-order valence-corrected chi connectivity index (χ2v) is 2.63. The normalized spacial score (nSPS) is 19.8. The Bertz CT molecular complexity index is 182. The zero-order valence-corrected chi connectivity index (χ0v) is 6.12. The number of hydrogen-bond acceptors (Lipinski definition) is 0. The Morgan fingerprint density at radius 2 is 1.33 bits per heavy atom. The topological polar surface area (TPSA) is 0 Å². The highest BCUT2D eigenvalue weighted by atomic mass is 14.2. The van der Waals surface area contributed by atoms with Crippen LogP contribution in [0.1, 0.15) is 20.3 Å². The molecular weight excluding hydrogens is 108 g/mol. The van der Waals surface area contributed by atoms with Gasteiger partial charge < -0.3 is 0 Å². The predicted molar refractivity (Wildman–Crippen MR) is 41.3 cm³/mol. The first kappa shape index (κ1) is 6.34.